The Morgan fingerprint density at radius 1 is 0.842 bits per heavy atom. The molecule has 38 heavy (non-hydrogen) atoms. The molecule has 0 radical (unpaired) electrons. The van der Waals surface area contributed by atoms with Crippen molar-refractivity contribution >= 4 is 11.9 Å². The van der Waals surface area contributed by atoms with Gasteiger partial charge in [-0.25, -0.2) is 9.59 Å². The van der Waals surface area contributed by atoms with E-state index in [0.29, 0.717) is 11.1 Å². The summed E-state index contributed by atoms with van der Waals surface area (Å²) in [6.07, 6.45) is 23.4. The van der Waals surface area contributed by atoms with Crippen LogP contribution in [-0.4, -0.2) is 52.7 Å². The van der Waals surface area contributed by atoms with Gasteiger partial charge in [-0.3, -0.25) is 5.32 Å². The summed E-state index contributed by atoms with van der Waals surface area (Å²) in [6.45, 7) is 10.4. The van der Waals surface area contributed by atoms with E-state index in [1.807, 2.05) is 6.08 Å². The minimum Gasteiger partial charge on any atom is -0.478 e. The fourth-order valence-corrected chi connectivity index (χ4v) is 3.77. The summed E-state index contributed by atoms with van der Waals surface area (Å²) in [7, 11) is 0. The number of unbranched alkanes of at least 4 members (excludes halogenated alkanes) is 16. The molecule has 224 valence electrons. The Labute approximate surface area is 233 Å². The molecule has 0 heterocycles. The van der Waals surface area contributed by atoms with Crippen LogP contribution in [0.1, 0.15) is 137 Å². The van der Waals surface area contributed by atoms with Crippen molar-refractivity contribution in [1.82, 2.24) is 5.32 Å². The van der Waals surface area contributed by atoms with Crippen LogP contribution in [0.4, 0.5) is 0 Å². The molecule has 2 unspecified atom stereocenters. The van der Waals surface area contributed by atoms with E-state index in [-0.39, 0.29) is 13.2 Å². The van der Waals surface area contributed by atoms with E-state index in [9.17, 15) is 9.59 Å². The molecule has 0 aliphatic carbocycles. The standard InChI is InChI=1S/C22H42O2.C9H17NO4/c1-3-4-5-6-7-8-9-10-11-12-13-14-15-16-17-18-19-20-21(2)22(23)24;1-6(2)9(13)14-7(3)10-4-8(12)5-11/h20H,3-19H2,1-2H3,(H,23,24);7-8,10-12H,1,4-5H2,2-3H3. The van der Waals surface area contributed by atoms with Crippen LogP contribution in [0, 0.1) is 0 Å². The van der Waals surface area contributed by atoms with Gasteiger partial charge in [0.05, 0.1) is 12.7 Å². The number of hydrogen-bond acceptors (Lipinski definition) is 6. The zero-order valence-electron chi connectivity index (χ0n) is 24.9. The number of nitrogens with one attached hydrogen (secondary N) is 1. The maximum atomic E-state index is 11.0. The molecule has 0 aliphatic heterocycles. The van der Waals surface area contributed by atoms with Crippen molar-refractivity contribution in [1.29, 1.82) is 0 Å². The van der Waals surface area contributed by atoms with Crippen molar-refractivity contribution in [3.05, 3.63) is 23.8 Å². The molecule has 0 amide bonds. The molecule has 0 fully saturated rings. The minimum atomic E-state index is -0.846. The zero-order valence-corrected chi connectivity index (χ0v) is 24.9. The van der Waals surface area contributed by atoms with Gasteiger partial charge in [0.1, 0.15) is 0 Å². The Morgan fingerprint density at radius 3 is 1.63 bits per heavy atom. The van der Waals surface area contributed by atoms with Gasteiger partial charge in [-0.05, 0) is 33.6 Å². The fraction of sp³-hybridized carbons (Fsp3) is 0.806. The topological polar surface area (TPSA) is 116 Å². The van der Waals surface area contributed by atoms with Gasteiger partial charge in [-0.1, -0.05) is 116 Å². The molecule has 7 heteroatoms. The van der Waals surface area contributed by atoms with Gasteiger partial charge in [0.25, 0.3) is 0 Å². The molecular formula is C31H59NO6. The molecular weight excluding hydrogens is 482 g/mol. The lowest BCUT2D eigenvalue weighted by atomic mass is 10.0. The SMILES string of the molecule is C=C(C)C(=O)OC(C)NCC(O)CO.CCCCCCCCCCCCCCCCCCC=C(C)C(=O)O. The van der Waals surface area contributed by atoms with Crippen LogP contribution < -0.4 is 5.32 Å². The van der Waals surface area contributed by atoms with E-state index in [2.05, 4.69) is 18.8 Å². The van der Waals surface area contributed by atoms with Gasteiger partial charge in [-0.15, -0.1) is 0 Å². The number of hydrogen-bond donors (Lipinski definition) is 4. The van der Waals surface area contributed by atoms with E-state index in [1.54, 1.807) is 20.8 Å². The zero-order chi connectivity index (χ0) is 29.0. The van der Waals surface area contributed by atoms with E-state index >= 15 is 0 Å². The summed E-state index contributed by atoms with van der Waals surface area (Å²) in [4.78, 5) is 21.6. The quantitative estimate of drug-likeness (QED) is 0.0447. The van der Waals surface area contributed by atoms with E-state index in [0.717, 1.165) is 12.8 Å². The first-order valence-corrected chi connectivity index (χ1v) is 14.9. The number of carbonyl (C=O) groups excluding carboxylic acids is 1. The molecule has 0 saturated carbocycles. The van der Waals surface area contributed by atoms with Crippen LogP contribution in [0.15, 0.2) is 23.8 Å². The molecule has 0 bridgehead atoms. The highest BCUT2D eigenvalue weighted by Gasteiger charge is 2.10. The second-order valence-corrected chi connectivity index (χ2v) is 10.4. The minimum absolute atomic E-state index is 0.168. The lowest BCUT2D eigenvalue weighted by Crippen LogP contribution is -2.38. The number of rotatable bonds is 24. The van der Waals surface area contributed by atoms with Crippen LogP contribution in [0.5, 0.6) is 0 Å². The predicted octanol–water partition coefficient (Wildman–Crippen LogP) is 7.06. The molecule has 0 spiro atoms. The van der Waals surface area contributed by atoms with Gasteiger partial charge in [0.15, 0.2) is 6.23 Å². The van der Waals surface area contributed by atoms with Crippen LogP contribution in [0.2, 0.25) is 0 Å². The Morgan fingerprint density at radius 2 is 1.26 bits per heavy atom. The third kappa shape index (κ3) is 28.9. The highest BCUT2D eigenvalue weighted by Crippen LogP contribution is 2.14. The average molecular weight is 542 g/mol. The smallest absolute Gasteiger partial charge is 0.334 e. The van der Waals surface area contributed by atoms with Crippen LogP contribution in [0.25, 0.3) is 0 Å². The molecule has 2 atom stereocenters. The summed E-state index contributed by atoms with van der Waals surface area (Å²) < 4.78 is 4.86. The number of esters is 1. The van der Waals surface area contributed by atoms with E-state index in [1.165, 1.54) is 96.3 Å². The largest absolute Gasteiger partial charge is 0.478 e. The van der Waals surface area contributed by atoms with Gasteiger partial charge < -0.3 is 20.1 Å². The van der Waals surface area contributed by atoms with Gasteiger partial charge in [0, 0.05) is 17.7 Å². The van der Waals surface area contributed by atoms with Crippen LogP contribution in [0.3, 0.4) is 0 Å². The summed E-state index contributed by atoms with van der Waals surface area (Å²) in [5.41, 5.74) is 0.803. The van der Waals surface area contributed by atoms with Crippen molar-refractivity contribution in [2.45, 2.75) is 149 Å². The van der Waals surface area contributed by atoms with E-state index < -0.39 is 24.3 Å². The van der Waals surface area contributed by atoms with Crippen molar-refractivity contribution in [3.63, 3.8) is 0 Å². The van der Waals surface area contributed by atoms with Gasteiger partial charge in [0.2, 0.25) is 0 Å². The maximum absolute atomic E-state index is 11.0. The molecule has 0 aliphatic rings. The predicted molar refractivity (Wildman–Crippen MR) is 157 cm³/mol. The van der Waals surface area contributed by atoms with Crippen LogP contribution >= 0.6 is 0 Å². The molecule has 0 aromatic carbocycles. The lowest BCUT2D eigenvalue weighted by Gasteiger charge is -2.16. The number of aliphatic hydroxyl groups is 2. The summed E-state index contributed by atoms with van der Waals surface area (Å²) >= 11 is 0. The monoisotopic (exact) mass is 541 g/mol. The number of carbonyl (C=O) groups is 2. The Bertz CT molecular complexity index is 619. The third-order valence-electron chi connectivity index (χ3n) is 6.33. The normalized spacial score (nSPS) is 12.8. The number of aliphatic hydroxyl groups excluding tert-OH is 2. The van der Waals surface area contributed by atoms with Crippen molar-refractivity contribution in [2.75, 3.05) is 13.2 Å². The van der Waals surface area contributed by atoms with Gasteiger partial charge in [-0.2, -0.15) is 0 Å². The first-order chi connectivity index (χ1) is 18.1. The first-order valence-electron chi connectivity index (χ1n) is 14.9. The highest BCUT2D eigenvalue weighted by atomic mass is 16.6. The van der Waals surface area contributed by atoms with Crippen LogP contribution in [-0.2, 0) is 14.3 Å². The molecule has 7 nitrogen and oxygen atoms in total. The molecule has 4 N–H and O–H groups in total. The number of carboxylic acid groups (broad SMARTS) is 1. The fourth-order valence-electron chi connectivity index (χ4n) is 3.77. The number of aliphatic carboxylic acids is 1. The Balaban J connectivity index is 0. The highest BCUT2D eigenvalue weighted by molar-refractivity contribution is 5.87. The Kier molecular flexibility index (Phi) is 28.6. The number of carboxylic acids is 1. The second kappa shape index (κ2) is 28.3. The molecule has 0 aromatic heterocycles. The second-order valence-electron chi connectivity index (χ2n) is 10.4. The summed E-state index contributed by atoms with van der Waals surface area (Å²) in [6, 6.07) is 0. The molecule has 0 rings (SSSR count). The molecule has 0 saturated heterocycles. The third-order valence-corrected chi connectivity index (χ3v) is 6.33. The number of ether oxygens (including phenoxy) is 1. The van der Waals surface area contributed by atoms with Gasteiger partial charge >= 0.3 is 11.9 Å². The maximum Gasteiger partial charge on any atom is 0.334 e. The first kappa shape index (κ1) is 38.4. The summed E-state index contributed by atoms with van der Waals surface area (Å²) in [5, 5.41) is 29.0. The van der Waals surface area contributed by atoms with Crippen molar-refractivity contribution in [2.24, 2.45) is 0 Å². The molecule has 0 aromatic rings. The lowest BCUT2D eigenvalue weighted by molar-refractivity contribution is -0.145. The average Bonchev–Trinajstić information content (AvgIpc) is 2.89. The Hall–Kier alpha value is -1.70. The van der Waals surface area contributed by atoms with Crippen molar-refractivity contribution in [3.8, 4) is 0 Å². The van der Waals surface area contributed by atoms with Crippen molar-refractivity contribution < 1.29 is 29.6 Å². The summed E-state index contributed by atoms with van der Waals surface area (Å²) in [5.74, 6) is -1.27. The number of allylic oxidation sites excluding steroid dienone is 1. The van der Waals surface area contributed by atoms with E-state index in [4.69, 9.17) is 20.1 Å².